The number of carbonyl (C=O) groups is 1. The van der Waals surface area contributed by atoms with Crippen LogP contribution in [-0.4, -0.2) is 82.1 Å². The number of nitrogens with zero attached hydrogens (tertiary/aromatic N) is 4. The monoisotopic (exact) mass is 308 g/mol. The van der Waals surface area contributed by atoms with Gasteiger partial charge >= 0.3 is 0 Å². The summed E-state index contributed by atoms with van der Waals surface area (Å²) in [6.07, 6.45) is 4.72. The minimum atomic E-state index is -0.444. The standard InChI is InChI=1S/C15H24N4O3/c20-13(12-19-5-2-4-16-19)11-17-6-8-18(9-7-17)15(21)14-3-1-10-22-14/h2,4-5,13-14,20H,1,3,6-12H2/t13-,14-/m0/s1. The van der Waals surface area contributed by atoms with Gasteiger partial charge in [0.05, 0.1) is 12.6 Å². The quantitative estimate of drug-likeness (QED) is 0.799. The topological polar surface area (TPSA) is 70.8 Å². The summed E-state index contributed by atoms with van der Waals surface area (Å²) in [6.45, 7) is 4.85. The summed E-state index contributed by atoms with van der Waals surface area (Å²) in [4.78, 5) is 16.4. The van der Waals surface area contributed by atoms with Crippen LogP contribution in [0.5, 0.6) is 0 Å². The third kappa shape index (κ3) is 3.85. The predicted molar refractivity (Wildman–Crippen MR) is 80.2 cm³/mol. The van der Waals surface area contributed by atoms with Gasteiger partial charge in [-0.15, -0.1) is 0 Å². The molecule has 122 valence electrons. The second kappa shape index (κ2) is 7.21. The number of amides is 1. The Morgan fingerprint density at radius 1 is 1.32 bits per heavy atom. The molecular formula is C15H24N4O3. The molecule has 0 spiro atoms. The van der Waals surface area contributed by atoms with Crippen molar-refractivity contribution in [3.63, 3.8) is 0 Å². The van der Waals surface area contributed by atoms with Gasteiger partial charge in [-0.2, -0.15) is 5.10 Å². The van der Waals surface area contributed by atoms with E-state index in [0.29, 0.717) is 32.8 Å². The largest absolute Gasteiger partial charge is 0.390 e. The van der Waals surface area contributed by atoms with Crippen molar-refractivity contribution in [1.82, 2.24) is 19.6 Å². The SMILES string of the molecule is O=C([C@@H]1CCCO1)N1CCN(C[C@H](O)Cn2cccn2)CC1. The third-order valence-corrected chi connectivity index (χ3v) is 4.32. The summed E-state index contributed by atoms with van der Waals surface area (Å²) in [7, 11) is 0. The molecule has 2 aliphatic heterocycles. The van der Waals surface area contributed by atoms with E-state index in [1.807, 2.05) is 17.2 Å². The van der Waals surface area contributed by atoms with Gasteiger partial charge in [-0.3, -0.25) is 14.4 Å². The first-order chi connectivity index (χ1) is 10.7. The van der Waals surface area contributed by atoms with Crippen LogP contribution in [0.15, 0.2) is 18.5 Å². The van der Waals surface area contributed by atoms with Gasteiger partial charge in [0.1, 0.15) is 6.10 Å². The number of rotatable bonds is 5. The summed E-state index contributed by atoms with van der Waals surface area (Å²) in [5.41, 5.74) is 0. The normalized spacial score (nSPS) is 24.6. The predicted octanol–water partition coefficient (Wildman–Crippen LogP) is -0.433. The molecule has 0 radical (unpaired) electrons. The van der Waals surface area contributed by atoms with Crippen LogP contribution in [0.2, 0.25) is 0 Å². The molecule has 3 heterocycles. The molecule has 0 saturated carbocycles. The molecule has 7 heteroatoms. The van der Waals surface area contributed by atoms with Crippen molar-refractivity contribution in [3.05, 3.63) is 18.5 Å². The fraction of sp³-hybridized carbons (Fsp3) is 0.733. The molecule has 2 aliphatic rings. The highest BCUT2D eigenvalue weighted by molar-refractivity contribution is 5.81. The van der Waals surface area contributed by atoms with Crippen LogP contribution in [0.4, 0.5) is 0 Å². The Bertz CT molecular complexity index is 465. The summed E-state index contributed by atoms with van der Waals surface area (Å²) >= 11 is 0. The van der Waals surface area contributed by atoms with Gasteiger partial charge in [0.15, 0.2) is 0 Å². The highest BCUT2D eigenvalue weighted by Crippen LogP contribution is 2.16. The number of aromatic nitrogens is 2. The Morgan fingerprint density at radius 2 is 2.14 bits per heavy atom. The molecule has 2 fully saturated rings. The molecule has 1 N–H and O–H groups in total. The lowest BCUT2D eigenvalue weighted by Gasteiger charge is -2.36. The van der Waals surface area contributed by atoms with Crippen molar-refractivity contribution in [1.29, 1.82) is 0 Å². The van der Waals surface area contributed by atoms with E-state index in [9.17, 15) is 9.90 Å². The molecule has 7 nitrogen and oxygen atoms in total. The van der Waals surface area contributed by atoms with Gasteiger partial charge in [-0.1, -0.05) is 0 Å². The number of carbonyl (C=O) groups excluding carboxylic acids is 1. The van der Waals surface area contributed by atoms with Crippen LogP contribution in [-0.2, 0) is 16.1 Å². The summed E-state index contributed by atoms with van der Waals surface area (Å²) in [5.74, 6) is 0.134. The molecule has 0 bridgehead atoms. The number of ether oxygens (including phenoxy) is 1. The highest BCUT2D eigenvalue weighted by atomic mass is 16.5. The molecule has 0 unspecified atom stereocenters. The molecule has 1 amide bonds. The zero-order valence-electron chi connectivity index (χ0n) is 12.8. The Hall–Kier alpha value is -1.44. The number of hydrogen-bond acceptors (Lipinski definition) is 5. The lowest BCUT2D eigenvalue weighted by molar-refractivity contribution is -0.142. The van der Waals surface area contributed by atoms with Gasteiger partial charge in [-0.05, 0) is 18.9 Å². The van der Waals surface area contributed by atoms with Gasteiger partial charge in [0, 0.05) is 51.7 Å². The van der Waals surface area contributed by atoms with Gasteiger partial charge in [-0.25, -0.2) is 0 Å². The van der Waals surface area contributed by atoms with Crippen LogP contribution < -0.4 is 0 Å². The summed E-state index contributed by atoms with van der Waals surface area (Å²) in [5, 5.41) is 14.2. The molecule has 22 heavy (non-hydrogen) atoms. The second-order valence-corrected chi connectivity index (χ2v) is 6.01. The number of β-amino-alcohol motifs (C(OH)–C–C–N with tert-alkyl or cyclic N) is 1. The van der Waals surface area contributed by atoms with E-state index >= 15 is 0 Å². The minimum Gasteiger partial charge on any atom is -0.390 e. The molecule has 0 aliphatic carbocycles. The number of hydrogen-bond donors (Lipinski definition) is 1. The first-order valence-corrected chi connectivity index (χ1v) is 8.00. The second-order valence-electron chi connectivity index (χ2n) is 6.01. The number of piperazine rings is 1. The first kappa shape index (κ1) is 15.5. The van der Waals surface area contributed by atoms with E-state index < -0.39 is 6.10 Å². The minimum absolute atomic E-state index is 0.134. The molecular weight excluding hydrogens is 284 g/mol. The van der Waals surface area contributed by atoms with Crippen LogP contribution >= 0.6 is 0 Å². The van der Waals surface area contributed by atoms with Crippen molar-refractivity contribution < 1.29 is 14.6 Å². The first-order valence-electron chi connectivity index (χ1n) is 8.00. The van der Waals surface area contributed by atoms with E-state index in [1.165, 1.54) is 0 Å². The van der Waals surface area contributed by atoms with Gasteiger partial charge in [0.25, 0.3) is 5.91 Å². The Labute approximate surface area is 130 Å². The molecule has 3 rings (SSSR count). The Balaban J connectivity index is 1.40. The molecule has 2 atom stereocenters. The van der Waals surface area contributed by atoms with Crippen molar-refractivity contribution in [3.8, 4) is 0 Å². The van der Waals surface area contributed by atoms with Gasteiger partial charge in [0.2, 0.25) is 0 Å². The van der Waals surface area contributed by atoms with Gasteiger partial charge < -0.3 is 14.7 Å². The van der Waals surface area contributed by atoms with Crippen molar-refractivity contribution >= 4 is 5.91 Å². The van der Waals surface area contributed by atoms with E-state index in [1.54, 1.807) is 10.9 Å². The maximum Gasteiger partial charge on any atom is 0.251 e. The summed E-state index contributed by atoms with van der Waals surface area (Å²) < 4.78 is 7.20. The Kier molecular flexibility index (Phi) is 5.07. The van der Waals surface area contributed by atoms with Crippen molar-refractivity contribution in [2.24, 2.45) is 0 Å². The van der Waals surface area contributed by atoms with Crippen molar-refractivity contribution in [2.75, 3.05) is 39.3 Å². The number of aliphatic hydroxyl groups excluding tert-OH is 1. The van der Waals surface area contributed by atoms with Crippen LogP contribution in [0.25, 0.3) is 0 Å². The fourth-order valence-corrected chi connectivity index (χ4v) is 3.11. The van der Waals surface area contributed by atoms with E-state index in [-0.39, 0.29) is 12.0 Å². The lowest BCUT2D eigenvalue weighted by atomic mass is 10.2. The van der Waals surface area contributed by atoms with E-state index in [4.69, 9.17) is 4.74 Å². The number of aliphatic hydroxyl groups is 1. The highest BCUT2D eigenvalue weighted by Gasteiger charge is 2.30. The van der Waals surface area contributed by atoms with E-state index in [2.05, 4.69) is 10.00 Å². The average molecular weight is 308 g/mol. The molecule has 1 aromatic rings. The maximum atomic E-state index is 12.3. The average Bonchev–Trinajstić information content (AvgIpc) is 3.20. The lowest BCUT2D eigenvalue weighted by Crippen LogP contribution is -2.52. The third-order valence-electron chi connectivity index (χ3n) is 4.32. The van der Waals surface area contributed by atoms with Crippen LogP contribution in [0, 0.1) is 0 Å². The Morgan fingerprint density at radius 3 is 2.77 bits per heavy atom. The van der Waals surface area contributed by atoms with Crippen molar-refractivity contribution in [2.45, 2.75) is 31.6 Å². The maximum absolute atomic E-state index is 12.3. The molecule has 1 aromatic heterocycles. The molecule has 0 aromatic carbocycles. The fourth-order valence-electron chi connectivity index (χ4n) is 3.11. The van der Waals surface area contributed by atoms with Crippen LogP contribution in [0.1, 0.15) is 12.8 Å². The smallest absolute Gasteiger partial charge is 0.251 e. The van der Waals surface area contributed by atoms with Crippen LogP contribution in [0.3, 0.4) is 0 Å². The molecule has 2 saturated heterocycles. The zero-order valence-corrected chi connectivity index (χ0v) is 12.8. The van der Waals surface area contributed by atoms with E-state index in [0.717, 1.165) is 25.9 Å². The zero-order chi connectivity index (χ0) is 15.4. The summed E-state index contributed by atoms with van der Waals surface area (Å²) in [6, 6.07) is 1.85.